The predicted molar refractivity (Wildman–Crippen MR) is 77.1 cm³/mol. The molecule has 0 aliphatic rings. The normalized spacial score (nSPS) is 10.3. The van der Waals surface area contributed by atoms with Gasteiger partial charge in [-0.15, -0.1) is 0 Å². The van der Waals surface area contributed by atoms with E-state index in [1.165, 1.54) is 6.07 Å². The first-order chi connectivity index (χ1) is 8.95. The predicted octanol–water partition coefficient (Wildman–Crippen LogP) is 2.61. The highest BCUT2D eigenvalue weighted by Crippen LogP contribution is 2.17. The van der Waals surface area contributed by atoms with Crippen LogP contribution < -0.4 is 11.1 Å². The van der Waals surface area contributed by atoms with Gasteiger partial charge in [0.15, 0.2) is 0 Å². The average Bonchev–Trinajstić information content (AvgIpc) is 2.33. The van der Waals surface area contributed by atoms with E-state index >= 15 is 0 Å². The number of aryl methyl sites for hydroxylation is 2. The largest absolute Gasteiger partial charge is 0.388 e. The van der Waals surface area contributed by atoms with Crippen LogP contribution in [0.5, 0.6) is 0 Å². The molecule has 1 aromatic heterocycles. The molecule has 2 aromatic rings. The molecule has 0 saturated heterocycles. The van der Waals surface area contributed by atoms with Gasteiger partial charge in [0.05, 0.1) is 0 Å². The Kier molecular flexibility index (Phi) is 3.71. The molecule has 0 atom stereocenters. The zero-order chi connectivity index (χ0) is 14.0. The van der Waals surface area contributed by atoms with Crippen LogP contribution in [0, 0.1) is 19.7 Å². The van der Waals surface area contributed by atoms with E-state index in [0.29, 0.717) is 22.9 Å². The molecule has 98 valence electrons. The Bertz CT molecular complexity index is 643. The Morgan fingerprint density at radius 3 is 2.63 bits per heavy atom. The topological polar surface area (TPSA) is 63.8 Å². The fraction of sp³-hybridized carbons (Fsp3) is 0.154. The number of aromatic nitrogens is 2. The third kappa shape index (κ3) is 3.23. The Morgan fingerprint density at radius 1 is 1.26 bits per heavy atom. The van der Waals surface area contributed by atoms with E-state index in [1.807, 2.05) is 6.92 Å². The number of anilines is 2. The second-order valence-electron chi connectivity index (χ2n) is 4.17. The first kappa shape index (κ1) is 13.4. The molecule has 0 amide bonds. The van der Waals surface area contributed by atoms with Crippen molar-refractivity contribution in [3.05, 3.63) is 47.0 Å². The van der Waals surface area contributed by atoms with Crippen LogP contribution in [0.2, 0.25) is 0 Å². The lowest BCUT2D eigenvalue weighted by Crippen LogP contribution is -2.13. The Labute approximate surface area is 115 Å². The number of hydrogen-bond donors (Lipinski definition) is 2. The number of hydrogen-bond acceptors (Lipinski definition) is 4. The molecule has 1 heterocycles. The van der Waals surface area contributed by atoms with Gasteiger partial charge in [-0.3, -0.25) is 0 Å². The molecule has 0 aliphatic carbocycles. The van der Waals surface area contributed by atoms with E-state index < -0.39 is 0 Å². The molecule has 0 fully saturated rings. The molecule has 1 aromatic carbocycles. The maximum atomic E-state index is 13.4. The first-order valence-electron chi connectivity index (χ1n) is 5.64. The SMILES string of the molecule is Cc1cc(C(N)=S)nc(Nc2ccc(C)c(F)c2)n1. The fourth-order valence-corrected chi connectivity index (χ4v) is 1.65. The molecule has 0 saturated carbocycles. The van der Waals surface area contributed by atoms with Crippen LogP contribution in [0.25, 0.3) is 0 Å². The summed E-state index contributed by atoms with van der Waals surface area (Å²) in [6.45, 7) is 3.51. The summed E-state index contributed by atoms with van der Waals surface area (Å²) in [6, 6.07) is 6.52. The molecule has 0 unspecified atom stereocenters. The van der Waals surface area contributed by atoms with Crippen molar-refractivity contribution in [3.63, 3.8) is 0 Å². The number of rotatable bonds is 3. The van der Waals surface area contributed by atoms with E-state index in [-0.39, 0.29) is 10.8 Å². The molecular weight excluding hydrogens is 263 g/mol. The monoisotopic (exact) mass is 276 g/mol. The van der Waals surface area contributed by atoms with E-state index in [1.54, 1.807) is 25.1 Å². The molecule has 6 heteroatoms. The number of thiocarbonyl (C=S) groups is 1. The van der Waals surface area contributed by atoms with Gasteiger partial charge < -0.3 is 11.1 Å². The van der Waals surface area contributed by atoms with E-state index in [4.69, 9.17) is 18.0 Å². The molecule has 3 N–H and O–H groups in total. The lowest BCUT2D eigenvalue weighted by atomic mass is 10.2. The second-order valence-corrected chi connectivity index (χ2v) is 4.61. The standard InChI is InChI=1S/C13H13FN4S/c1-7-3-4-9(6-10(7)14)17-13-16-8(2)5-11(18-13)12(15)19/h3-6H,1-2H3,(H2,15,19)(H,16,17,18). The summed E-state index contributed by atoms with van der Waals surface area (Å²) >= 11 is 4.88. The van der Waals surface area contributed by atoms with Gasteiger partial charge in [-0.05, 0) is 37.6 Å². The van der Waals surface area contributed by atoms with Gasteiger partial charge in [-0.25, -0.2) is 14.4 Å². The van der Waals surface area contributed by atoms with Gasteiger partial charge in [-0.2, -0.15) is 0 Å². The van der Waals surface area contributed by atoms with Crippen LogP contribution in [-0.4, -0.2) is 15.0 Å². The van der Waals surface area contributed by atoms with Gasteiger partial charge in [-0.1, -0.05) is 18.3 Å². The van der Waals surface area contributed by atoms with Crippen molar-refractivity contribution < 1.29 is 4.39 Å². The van der Waals surface area contributed by atoms with Gasteiger partial charge >= 0.3 is 0 Å². The summed E-state index contributed by atoms with van der Waals surface area (Å²) in [7, 11) is 0. The number of benzene rings is 1. The molecule has 0 bridgehead atoms. The minimum Gasteiger partial charge on any atom is -0.388 e. The zero-order valence-electron chi connectivity index (χ0n) is 10.6. The minimum absolute atomic E-state index is 0.198. The summed E-state index contributed by atoms with van der Waals surface area (Å²) in [5.74, 6) is 0.0540. The van der Waals surface area contributed by atoms with Gasteiger partial charge in [0, 0.05) is 11.4 Å². The Balaban J connectivity index is 2.32. The van der Waals surface area contributed by atoms with Crippen LogP contribution in [0.3, 0.4) is 0 Å². The molecule has 2 rings (SSSR count). The number of nitrogens with one attached hydrogen (secondary N) is 1. The minimum atomic E-state index is -0.285. The van der Waals surface area contributed by atoms with Crippen LogP contribution in [-0.2, 0) is 0 Å². The highest BCUT2D eigenvalue weighted by molar-refractivity contribution is 7.80. The molecule has 0 spiro atoms. The summed E-state index contributed by atoms with van der Waals surface area (Å²) in [5.41, 5.74) is 7.91. The third-order valence-corrected chi connectivity index (χ3v) is 2.74. The van der Waals surface area contributed by atoms with Crippen molar-refractivity contribution in [2.75, 3.05) is 5.32 Å². The van der Waals surface area contributed by atoms with E-state index in [9.17, 15) is 4.39 Å². The number of nitrogens with two attached hydrogens (primary N) is 1. The summed E-state index contributed by atoms with van der Waals surface area (Å²) < 4.78 is 13.4. The summed E-state index contributed by atoms with van der Waals surface area (Å²) in [5, 5.41) is 2.93. The van der Waals surface area contributed by atoms with E-state index in [0.717, 1.165) is 5.69 Å². The second kappa shape index (κ2) is 5.27. The quantitative estimate of drug-likeness (QED) is 0.844. The average molecular weight is 276 g/mol. The molecule has 4 nitrogen and oxygen atoms in total. The molecular formula is C13H13FN4S. The summed E-state index contributed by atoms with van der Waals surface area (Å²) in [4.78, 5) is 8.57. The van der Waals surface area contributed by atoms with Crippen LogP contribution in [0.4, 0.5) is 16.0 Å². The smallest absolute Gasteiger partial charge is 0.228 e. The maximum Gasteiger partial charge on any atom is 0.228 e. The lowest BCUT2D eigenvalue weighted by molar-refractivity contribution is 0.619. The van der Waals surface area contributed by atoms with Gasteiger partial charge in [0.1, 0.15) is 16.5 Å². The van der Waals surface area contributed by atoms with E-state index in [2.05, 4.69) is 15.3 Å². The Morgan fingerprint density at radius 2 is 2.00 bits per heavy atom. The van der Waals surface area contributed by atoms with Crippen LogP contribution in [0.15, 0.2) is 24.3 Å². The number of nitrogens with zero attached hydrogens (tertiary/aromatic N) is 2. The van der Waals surface area contributed by atoms with Gasteiger partial charge in [0.2, 0.25) is 5.95 Å². The van der Waals surface area contributed by atoms with Crippen molar-refractivity contribution in [3.8, 4) is 0 Å². The summed E-state index contributed by atoms with van der Waals surface area (Å²) in [6.07, 6.45) is 0. The van der Waals surface area contributed by atoms with Gasteiger partial charge in [0.25, 0.3) is 0 Å². The van der Waals surface area contributed by atoms with Crippen molar-refractivity contribution in [1.82, 2.24) is 9.97 Å². The highest BCUT2D eigenvalue weighted by Gasteiger charge is 2.06. The number of halogens is 1. The first-order valence-corrected chi connectivity index (χ1v) is 6.05. The Hall–Kier alpha value is -2.08. The molecule has 0 radical (unpaired) electrons. The lowest BCUT2D eigenvalue weighted by Gasteiger charge is -2.08. The van der Waals surface area contributed by atoms with Crippen molar-refractivity contribution in [2.24, 2.45) is 5.73 Å². The maximum absolute atomic E-state index is 13.4. The third-order valence-electron chi connectivity index (χ3n) is 2.53. The fourth-order valence-electron chi connectivity index (χ4n) is 1.55. The van der Waals surface area contributed by atoms with Crippen LogP contribution >= 0.6 is 12.2 Å². The highest BCUT2D eigenvalue weighted by atomic mass is 32.1. The van der Waals surface area contributed by atoms with Crippen molar-refractivity contribution in [2.45, 2.75) is 13.8 Å². The molecule has 0 aliphatic heterocycles. The zero-order valence-corrected chi connectivity index (χ0v) is 11.4. The van der Waals surface area contributed by atoms with Crippen LogP contribution in [0.1, 0.15) is 17.0 Å². The van der Waals surface area contributed by atoms with Crippen molar-refractivity contribution >= 4 is 28.8 Å². The molecule has 19 heavy (non-hydrogen) atoms. The van der Waals surface area contributed by atoms with Crippen molar-refractivity contribution in [1.29, 1.82) is 0 Å².